The molecule has 0 bridgehead atoms. The number of nitrogens with zero attached hydrogens (tertiary/aromatic N) is 1. The van der Waals surface area contributed by atoms with Gasteiger partial charge in [-0.05, 0) is 17.2 Å². The standard InChI is InChI=1S/C12H13N3S/c13-12-5-11(14-15-12)9-3-1-2-8(4-9)10-6-16-7-10/h1-5,10H,6-7H2,(H3,13,14,15). The van der Waals surface area contributed by atoms with Gasteiger partial charge in [0.1, 0.15) is 5.82 Å². The molecule has 0 atom stereocenters. The molecule has 1 fully saturated rings. The van der Waals surface area contributed by atoms with Gasteiger partial charge in [0.2, 0.25) is 0 Å². The third-order valence-electron chi connectivity index (χ3n) is 2.90. The SMILES string of the molecule is Nc1cc(-c2cccc(C3CSC3)c2)[nH]n1. The summed E-state index contributed by atoms with van der Waals surface area (Å²) in [7, 11) is 0. The molecule has 0 radical (unpaired) electrons. The maximum atomic E-state index is 5.61. The Bertz CT molecular complexity index is 502. The minimum Gasteiger partial charge on any atom is -0.382 e. The Hall–Kier alpha value is -1.42. The predicted octanol–water partition coefficient (Wildman–Crippen LogP) is 2.49. The Morgan fingerprint density at radius 2 is 2.19 bits per heavy atom. The van der Waals surface area contributed by atoms with Gasteiger partial charge in [0.25, 0.3) is 0 Å². The summed E-state index contributed by atoms with van der Waals surface area (Å²) >= 11 is 2.01. The molecule has 0 amide bonds. The van der Waals surface area contributed by atoms with Crippen LogP contribution < -0.4 is 5.73 Å². The average Bonchev–Trinajstić information content (AvgIpc) is 2.63. The lowest BCUT2D eigenvalue weighted by Crippen LogP contribution is -2.15. The van der Waals surface area contributed by atoms with E-state index in [0.717, 1.165) is 11.6 Å². The zero-order valence-corrected chi connectivity index (χ0v) is 9.63. The van der Waals surface area contributed by atoms with Crippen LogP contribution in [0.25, 0.3) is 11.3 Å². The molecular formula is C12H13N3S. The Labute approximate surface area is 98.4 Å². The maximum Gasteiger partial charge on any atom is 0.145 e. The summed E-state index contributed by atoms with van der Waals surface area (Å²) in [5.74, 6) is 3.76. The summed E-state index contributed by atoms with van der Waals surface area (Å²) in [5, 5.41) is 6.89. The number of aromatic amines is 1. The Kier molecular flexibility index (Phi) is 2.36. The smallest absolute Gasteiger partial charge is 0.145 e. The van der Waals surface area contributed by atoms with Gasteiger partial charge in [0.05, 0.1) is 5.69 Å². The molecular weight excluding hydrogens is 218 g/mol. The molecule has 0 spiro atoms. The molecule has 1 aromatic carbocycles. The second kappa shape index (κ2) is 3.87. The molecule has 1 aliphatic rings. The number of benzene rings is 1. The monoisotopic (exact) mass is 231 g/mol. The predicted molar refractivity (Wildman–Crippen MR) is 68.5 cm³/mol. The van der Waals surface area contributed by atoms with Gasteiger partial charge in [-0.15, -0.1) is 0 Å². The molecule has 16 heavy (non-hydrogen) atoms. The van der Waals surface area contributed by atoms with Crippen LogP contribution in [0.1, 0.15) is 11.5 Å². The zero-order chi connectivity index (χ0) is 11.0. The fraction of sp³-hybridized carbons (Fsp3) is 0.250. The molecule has 0 aliphatic carbocycles. The van der Waals surface area contributed by atoms with E-state index in [-0.39, 0.29) is 0 Å². The normalized spacial score (nSPS) is 16.0. The molecule has 1 aromatic heterocycles. The molecule has 1 saturated heterocycles. The number of hydrogen-bond donors (Lipinski definition) is 2. The number of aromatic nitrogens is 2. The van der Waals surface area contributed by atoms with E-state index in [9.17, 15) is 0 Å². The first-order valence-corrected chi connectivity index (χ1v) is 6.47. The van der Waals surface area contributed by atoms with Crippen LogP contribution >= 0.6 is 11.8 Å². The highest BCUT2D eigenvalue weighted by Gasteiger charge is 2.20. The van der Waals surface area contributed by atoms with E-state index in [1.54, 1.807) is 0 Å². The van der Waals surface area contributed by atoms with Gasteiger partial charge in [-0.1, -0.05) is 18.2 Å². The average molecular weight is 231 g/mol. The highest BCUT2D eigenvalue weighted by Crippen LogP contribution is 2.35. The van der Waals surface area contributed by atoms with Gasteiger partial charge in [0, 0.05) is 23.5 Å². The highest BCUT2D eigenvalue weighted by molar-refractivity contribution is 8.00. The van der Waals surface area contributed by atoms with Gasteiger partial charge in [0.15, 0.2) is 0 Å². The van der Waals surface area contributed by atoms with E-state index in [4.69, 9.17) is 5.73 Å². The lowest BCUT2D eigenvalue weighted by molar-refractivity contribution is 0.850. The van der Waals surface area contributed by atoms with Gasteiger partial charge < -0.3 is 5.73 Å². The van der Waals surface area contributed by atoms with E-state index in [0.29, 0.717) is 5.82 Å². The van der Waals surface area contributed by atoms with Crippen molar-refractivity contribution in [3.05, 3.63) is 35.9 Å². The number of H-pyrrole nitrogens is 1. The first kappa shape index (κ1) is 9.78. The van der Waals surface area contributed by atoms with E-state index >= 15 is 0 Å². The molecule has 4 heteroatoms. The lowest BCUT2D eigenvalue weighted by atomic mass is 9.99. The van der Waals surface area contributed by atoms with Crippen molar-refractivity contribution in [2.45, 2.75) is 5.92 Å². The van der Waals surface area contributed by atoms with Crippen LogP contribution in [-0.4, -0.2) is 21.7 Å². The first-order chi connectivity index (χ1) is 7.83. The van der Waals surface area contributed by atoms with Crippen molar-refractivity contribution in [2.24, 2.45) is 0 Å². The van der Waals surface area contributed by atoms with Crippen molar-refractivity contribution < 1.29 is 0 Å². The Balaban J connectivity index is 1.95. The van der Waals surface area contributed by atoms with E-state index in [1.165, 1.54) is 22.6 Å². The molecule has 2 aromatic rings. The van der Waals surface area contributed by atoms with Crippen LogP contribution in [0.4, 0.5) is 5.82 Å². The van der Waals surface area contributed by atoms with Crippen LogP contribution in [0.15, 0.2) is 30.3 Å². The second-order valence-electron chi connectivity index (χ2n) is 4.07. The van der Waals surface area contributed by atoms with E-state index in [1.807, 2.05) is 17.8 Å². The van der Waals surface area contributed by atoms with Crippen LogP contribution in [-0.2, 0) is 0 Å². The highest BCUT2D eigenvalue weighted by atomic mass is 32.2. The minimum absolute atomic E-state index is 0.541. The summed E-state index contributed by atoms with van der Waals surface area (Å²) in [6.45, 7) is 0. The summed E-state index contributed by atoms with van der Waals surface area (Å²) in [6, 6.07) is 10.5. The molecule has 3 rings (SSSR count). The van der Waals surface area contributed by atoms with Crippen molar-refractivity contribution in [3.8, 4) is 11.3 Å². The largest absolute Gasteiger partial charge is 0.382 e. The Morgan fingerprint density at radius 3 is 2.81 bits per heavy atom. The number of nitrogens with two attached hydrogens (primary N) is 1. The fourth-order valence-corrected chi connectivity index (χ4v) is 2.73. The first-order valence-electron chi connectivity index (χ1n) is 5.32. The van der Waals surface area contributed by atoms with Gasteiger partial charge in [-0.3, -0.25) is 5.10 Å². The Morgan fingerprint density at radius 1 is 1.31 bits per heavy atom. The van der Waals surface area contributed by atoms with E-state index < -0.39 is 0 Å². The quantitative estimate of drug-likeness (QED) is 0.835. The number of hydrogen-bond acceptors (Lipinski definition) is 3. The third-order valence-corrected chi connectivity index (χ3v) is 4.18. The zero-order valence-electron chi connectivity index (χ0n) is 8.81. The molecule has 2 heterocycles. The van der Waals surface area contributed by atoms with Crippen LogP contribution in [0, 0.1) is 0 Å². The number of nitrogen functional groups attached to an aromatic ring is 1. The van der Waals surface area contributed by atoms with Gasteiger partial charge in [-0.2, -0.15) is 16.9 Å². The van der Waals surface area contributed by atoms with Crippen molar-refractivity contribution in [3.63, 3.8) is 0 Å². The number of rotatable bonds is 2. The summed E-state index contributed by atoms with van der Waals surface area (Å²) < 4.78 is 0. The maximum absolute atomic E-state index is 5.61. The molecule has 0 saturated carbocycles. The third kappa shape index (κ3) is 1.69. The van der Waals surface area contributed by atoms with Gasteiger partial charge >= 0.3 is 0 Å². The fourth-order valence-electron chi connectivity index (χ4n) is 1.87. The number of thioether (sulfide) groups is 1. The summed E-state index contributed by atoms with van der Waals surface area (Å²) in [5.41, 5.74) is 9.18. The number of nitrogens with one attached hydrogen (secondary N) is 1. The molecule has 1 aliphatic heterocycles. The van der Waals surface area contributed by atoms with Crippen LogP contribution in [0.2, 0.25) is 0 Å². The van der Waals surface area contributed by atoms with Crippen molar-refractivity contribution in [1.82, 2.24) is 10.2 Å². The van der Waals surface area contributed by atoms with Crippen molar-refractivity contribution >= 4 is 17.6 Å². The van der Waals surface area contributed by atoms with Crippen molar-refractivity contribution in [2.75, 3.05) is 17.2 Å². The number of anilines is 1. The van der Waals surface area contributed by atoms with Crippen molar-refractivity contribution in [1.29, 1.82) is 0 Å². The van der Waals surface area contributed by atoms with Crippen LogP contribution in [0.3, 0.4) is 0 Å². The molecule has 0 unspecified atom stereocenters. The van der Waals surface area contributed by atoms with Gasteiger partial charge in [-0.25, -0.2) is 0 Å². The second-order valence-corrected chi connectivity index (χ2v) is 5.14. The molecule has 3 nitrogen and oxygen atoms in total. The summed E-state index contributed by atoms with van der Waals surface area (Å²) in [4.78, 5) is 0. The lowest BCUT2D eigenvalue weighted by Gasteiger charge is -2.25. The molecule has 3 N–H and O–H groups in total. The topological polar surface area (TPSA) is 54.7 Å². The van der Waals surface area contributed by atoms with Crippen LogP contribution in [0.5, 0.6) is 0 Å². The summed E-state index contributed by atoms with van der Waals surface area (Å²) in [6.07, 6.45) is 0. The van der Waals surface area contributed by atoms with E-state index in [2.05, 4.69) is 34.5 Å². The molecule has 82 valence electrons. The minimum atomic E-state index is 0.541.